The number of carboxylic acids is 1. The van der Waals surface area contributed by atoms with Crippen LogP contribution < -0.4 is 4.72 Å². The average Bonchev–Trinajstić information content (AvgIpc) is 2.35. The summed E-state index contributed by atoms with van der Waals surface area (Å²) in [5, 5.41) is 8.84. The molecule has 0 aromatic rings. The zero-order valence-electron chi connectivity index (χ0n) is 11.5. The van der Waals surface area contributed by atoms with Gasteiger partial charge in [-0.15, -0.1) is 0 Å². The van der Waals surface area contributed by atoms with Crippen LogP contribution in [0.25, 0.3) is 0 Å². The van der Waals surface area contributed by atoms with Gasteiger partial charge in [-0.1, -0.05) is 0 Å². The topological polar surface area (TPSA) is 83.5 Å². The number of carbonyl (C=O) groups is 1. The fourth-order valence-corrected chi connectivity index (χ4v) is 3.55. The van der Waals surface area contributed by atoms with Gasteiger partial charge in [0.1, 0.15) is 0 Å². The van der Waals surface area contributed by atoms with Crippen LogP contribution in [0.15, 0.2) is 0 Å². The lowest BCUT2D eigenvalue weighted by atomic mass is 9.82. The average molecular weight is 331 g/mol. The number of aliphatic carboxylic acids is 1. The van der Waals surface area contributed by atoms with Crippen LogP contribution in [-0.4, -0.2) is 38.0 Å². The molecule has 9 heteroatoms. The second-order valence-corrected chi connectivity index (χ2v) is 7.37. The van der Waals surface area contributed by atoms with Crippen molar-refractivity contribution in [3.8, 4) is 0 Å². The van der Waals surface area contributed by atoms with E-state index < -0.39 is 40.8 Å². The highest BCUT2D eigenvalue weighted by Crippen LogP contribution is 2.28. The van der Waals surface area contributed by atoms with Gasteiger partial charge in [-0.25, -0.2) is 13.1 Å². The van der Waals surface area contributed by atoms with E-state index in [0.717, 1.165) is 0 Å². The second kappa shape index (κ2) is 7.44. The zero-order chi connectivity index (χ0) is 16.1. The van der Waals surface area contributed by atoms with E-state index in [1.165, 1.54) is 0 Å². The van der Waals surface area contributed by atoms with Crippen LogP contribution in [0.5, 0.6) is 0 Å². The quantitative estimate of drug-likeness (QED) is 0.749. The third-order valence-electron chi connectivity index (χ3n) is 3.66. The van der Waals surface area contributed by atoms with Crippen LogP contribution in [0.3, 0.4) is 0 Å². The van der Waals surface area contributed by atoms with Gasteiger partial charge < -0.3 is 5.11 Å². The summed E-state index contributed by atoms with van der Waals surface area (Å²) < 4.78 is 61.3. The zero-order valence-corrected chi connectivity index (χ0v) is 12.3. The lowest BCUT2D eigenvalue weighted by Crippen LogP contribution is -2.34. The van der Waals surface area contributed by atoms with Crippen molar-refractivity contribution < 1.29 is 31.5 Å². The number of sulfonamides is 1. The number of halogens is 3. The molecular weight excluding hydrogens is 311 g/mol. The second-order valence-electron chi connectivity index (χ2n) is 5.44. The van der Waals surface area contributed by atoms with Crippen molar-refractivity contribution in [1.82, 2.24) is 4.72 Å². The number of hydrogen-bond acceptors (Lipinski definition) is 3. The van der Waals surface area contributed by atoms with Crippen LogP contribution in [-0.2, 0) is 14.8 Å². The Balaban J connectivity index is 2.26. The van der Waals surface area contributed by atoms with Gasteiger partial charge in [0.2, 0.25) is 10.0 Å². The summed E-state index contributed by atoms with van der Waals surface area (Å²) in [6, 6.07) is 0. The fourth-order valence-electron chi connectivity index (χ4n) is 2.39. The molecule has 0 unspecified atom stereocenters. The Hall–Kier alpha value is -0.830. The van der Waals surface area contributed by atoms with Crippen LogP contribution >= 0.6 is 0 Å². The van der Waals surface area contributed by atoms with Gasteiger partial charge in [-0.3, -0.25) is 4.79 Å². The Morgan fingerprint density at radius 1 is 1.19 bits per heavy atom. The summed E-state index contributed by atoms with van der Waals surface area (Å²) >= 11 is 0. The van der Waals surface area contributed by atoms with Crippen LogP contribution in [0.4, 0.5) is 13.2 Å². The predicted octanol–water partition coefficient (Wildman–Crippen LogP) is 2.14. The van der Waals surface area contributed by atoms with Crippen LogP contribution in [0, 0.1) is 11.8 Å². The van der Waals surface area contributed by atoms with Crippen molar-refractivity contribution in [2.45, 2.75) is 44.7 Å². The van der Waals surface area contributed by atoms with E-state index in [9.17, 15) is 26.4 Å². The van der Waals surface area contributed by atoms with E-state index in [2.05, 4.69) is 4.72 Å². The molecule has 0 heterocycles. The van der Waals surface area contributed by atoms with Gasteiger partial charge in [0.15, 0.2) is 0 Å². The normalized spacial score (nSPS) is 24.0. The van der Waals surface area contributed by atoms with Gasteiger partial charge in [0.25, 0.3) is 0 Å². The molecule has 1 aliphatic carbocycles. The Morgan fingerprint density at radius 3 is 2.24 bits per heavy atom. The van der Waals surface area contributed by atoms with Gasteiger partial charge in [-0.2, -0.15) is 13.2 Å². The highest BCUT2D eigenvalue weighted by atomic mass is 32.2. The van der Waals surface area contributed by atoms with Gasteiger partial charge in [-0.05, 0) is 38.0 Å². The maximum atomic E-state index is 11.9. The monoisotopic (exact) mass is 331 g/mol. The maximum absolute atomic E-state index is 11.9. The summed E-state index contributed by atoms with van der Waals surface area (Å²) in [5.74, 6) is -1.69. The number of rotatable bonds is 7. The van der Waals surface area contributed by atoms with Gasteiger partial charge in [0, 0.05) is 13.0 Å². The van der Waals surface area contributed by atoms with E-state index in [4.69, 9.17) is 5.11 Å². The maximum Gasteiger partial charge on any atom is 0.389 e. The van der Waals surface area contributed by atoms with E-state index in [-0.39, 0.29) is 18.4 Å². The Bertz CT molecular complexity index is 442. The van der Waals surface area contributed by atoms with E-state index >= 15 is 0 Å². The molecule has 1 saturated carbocycles. The first-order valence-corrected chi connectivity index (χ1v) is 8.51. The smallest absolute Gasteiger partial charge is 0.389 e. The summed E-state index contributed by atoms with van der Waals surface area (Å²) in [4.78, 5) is 10.8. The Kier molecular flexibility index (Phi) is 6.45. The van der Waals surface area contributed by atoms with Gasteiger partial charge >= 0.3 is 12.1 Å². The molecule has 0 aromatic carbocycles. The molecular formula is C12H20F3NO4S. The summed E-state index contributed by atoms with van der Waals surface area (Å²) in [6.07, 6.45) is -3.66. The SMILES string of the molecule is O=C(O)C1CCC(CNS(=O)(=O)CCCC(F)(F)F)CC1. The lowest BCUT2D eigenvalue weighted by Gasteiger charge is -2.26. The minimum atomic E-state index is -4.34. The molecule has 1 rings (SSSR count). The predicted molar refractivity (Wildman–Crippen MR) is 70.2 cm³/mol. The highest BCUT2D eigenvalue weighted by molar-refractivity contribution is 7.89. The summed E-state index contributed by atoms with van der Waals surface area (Å²) in [7, 11) is -3.70. The largest absolute Gasteiger partial charge is 0.481 e. The molecule has 0 aromatic heterocycles. The first-order valence-electron chi connectivity index (χ1n) is 6.86. The molecule has 0 atom stereocenters. The molecule has 5 nitrogen and oxygen atoms in total. The van der Waals surface area contributed by atoms with Crippen molar-refractivity contribution in [3.63, 3.8) is 0 Å². The summed E-state index contributed by atoms with van der Waals surface area (Å²) in [6.45, 7) is 0.167. The first kappa shape index (κ1) is 18.2. The van der Waals surface area contributed by atoms with Crippen molar-refractivity contribution >= 4 is 16.0 Å². The Morgan fingerprint density at radius 2 is 1.76 bits per heavy atom. The number of alkyl halides is 3. The molecule has 0 radical (unpaired) electrons. The molecule has 21 heavy (non-hydrogen) atoms. The minimum absolute atomic E-state index is 0.0537. The first-order chi connectivity index (χ1) is 9.59. The van der Waals surface area contributed by atoms with Crippen LogP contribution in [0.1, 0.15) is 38.5 Å². The van der Waals surface area contributed by atoms with Crippen molar-refractivity contribution in [2.75, 3.05) is 12.3 Å². The minimum Gasteiger partial charge on any atom is -0.481 e. The van der Waals surface area contributed by atoms with Crippen molar-refractivity contribution in [1.29, 1.82) is 0 Å². The molecule has 1 aliphatic rings. The third kappa shape index (κ3) is 7.66. The number of nitrogens with one attached hydrogen (secondary N) is 1. The number of carboxylic acid groups (broad SMARTS) is 1. The molecule has 0 aliphatic heterocycles. The fraction of sp³-hybridized carbons (Fsp3) is 0.917. The standard InChI is InChI=1S/C12H20F3NO4S/c13-12(14,15)6-1-7-21(19,20)16-8-9-2-4-10(5-3-9)11(17)18/h9-10,16H,1-8H2,(H,17,18). The molecule has 0 saturated heterocycles. The van der Waals surface area contributed by atoms with Crippen LogP contribution in [0.2, 0.25) is 0 Å². The summed E-state index contributed by atoms with van der Waals surface area (Å²) in [5.41, 5.74) is 0. The molecule has 0 bridgehead atoms. The highest BCUT2D eigenvalue weighted by Gasteiger charge is 2.28. The van der Waals surface area contributed by atoms with Crippen molar-refractivity contribution in [2.24, 2.45) is 11.8 Å². The molecule has 1 fully saturated rings. The van der Waals surface area contributed by atoms with Gasteiger partial charge in [0.05, 0.1) is 11.7 Å². The Labute approximate surface area is 122 Å². The number of hydrogen-bond donors (Lipinski definition) is 2. The van der Waals surface area contributed by atoms with E-state index in [0.29, 0.717) is 25.7 Å². The van der Waals surface area contributed by atoms with Crippen molar-refractivity contribution in [3.05, 3.63) is 0 Å². The molecule has 124 valence electrons. The molecule has 2 N–H and O–H groups in total. The van der Waals surface area contributed by atoms with E-state index in [1.54, 1.807) is 0 Å². The third-order valence-corrected chi connectivity index (χ3v) is 5.09. The van der Waals surface area contributed by atoms with E-state index in [1.807, 2.05) is 0 Å². The lowest BCUT2D eigenvalue weighted by molar-refractivity contribution is -0.143. The molecule has 0 amide bonds. The molecule has 0 spiro atoms.